The van der Waals surface area contributed by atoms with Crippen LogP contribution in [-0.4, -0.2) is 66.4 Å². The lowest BCUT2D eigenvalue weighted by Gasteiger charge is -2.27. The fourth-order valence-electron chi connectivity index (χ4n) is 1.89. The van der Waals surface area contributed by atoms with Crippen molar-refractivity contribution in [2.24, 2.45) is 5.92 Å². The second kappa shape index (κ2) is 5.69. The van der Waals surface area contributed by atoms with Crippen LogP contribution in [0.3, 0.4) is 0 Å². The first kappa shape index (κ1) is 14.3. The van der Waals surface area contributed by atoms with Crippen LogP contribution in [0.1, 0.15) is 20.8 Å². The molecule has 1 rings (SSSR count). The third-order valence-electron chi connectivity index (χ3n) is 2.71. The van der Waals surface area contributed by atoms with Gasteiger partial charge in [0.05, 0.1) is 0 Å². The highest BCUT2D eigenvalue weighted by Crippen LogP contribution is 2.13. The molecule has 100 valence electrons. The van der Waals surface area contributed by atoms with Crippen molar-refractivity contribution in [2.75, 3.05) is 39.8 Å². The van der Waals surface area contributed by atoms with E-state index < -0.39 is 5.60 Å². The van der Waals surface area contributed by atoms with Gasteiger partial charge in [0.2, 0.25) is 0 Å². The summed E-state index contributed by atoms with van der Waals surface area (Å²) in [5.41, 5.74) is -0.468. The minimum atomic E-state index is -0.468. The molecule has 1 unspecified atom stereocenters. The number of nitrogens with zero attached hydrogens (tertiary/aromatic N) is 2. The Morgan fingerprint density at radius 1 is 1.35 bits per heavy atom. The van der Waals surface area contributed by atoms with Crippen LogP contribution in [-0.2, 0) is 4.74 Å². The standard InChI is InChI=1S/C12H24N2O3/c1-12(2,3)17-11(16)14-6-5-13(4)7-10(8-14)9-15/h10,15H,5-9H2,1-4H3. The molecule has 5 nitrogen and oxygen atoms in total. The van der Waals surface area contributed by atoms with Gasteiger partial charge in [0.1, 0.15) is 5.60 Å². The van der Waals surface area contributed by atoms with Gasteiger partial charge in [0.25, 0.3) is 0 Å². The van der Waals surface area contributed by atoms with Gasteiger partial charge in [-0.2, -0.15) is 0 Å². The van der Waals surface area contributed by atoms with Crippen molar-refractivity contribution in [3.63, 3.8) is 0 Å². The number of rotatable bonds is 1. The molecule has 5 heteroatoms. The van der Waals surface area contributed by atoms with Crippen LogP contribution in [0.15, 0.2) is 0 Å². The van der Waals surface area contributed by atoms with E-state index in [1.165, 1.54) is 0 Å². The molecular weight excluding hydrogens is 220 g/mol. The average molecular weight is 244 g/mol. The smallest absolute Gasteiger partial charge is 0.410 e. The highest BCUT2D eigenvalue weighted by Gasteiger charge is 2.27. The van der Waals surface area contributed by atoms with Gasteiger partial charge >= 0.3 is 6.09 Å². The molecule has 0 spiro atoms. The minimum Gasteiger partial charge on any atom is -0.444 e. The highest BCUT2D eigenvalue weighted by atomic mass is 16.6. The van der Waals surface area contributed by atoms with E-state index >= 15 is 0 Å². The summed E-state index contributed by atoms with van der Waals surface area (Å²) in [4.78, 5) is 15.8. The topological polar surface area (TPSA) is 53.0 Å². The van der Waals surface area contributed by atoms with Crippen LogP contribution in [0.25, 0.3) is 0 Å². The maximum Gasteiger partial charge on any atom is 0.410 e. The Morgan fingerprint density at radius 3 is 2.53 bits per heavy atom. The van der Waals surface area contributed by atoms with Gasteiger partial charge in [-0.3, -0.25) is 0 Å². The summed E-state index contributed by atoms with van der Waals surface area (Å²) in [5.74, 6) is 0.106. The second-order valence-electron chi connectivity index (χ2n) is 5.74. The number of ether oxygens (including phenoxy) is 1. The fraction of sp³-hybridized carbons (Fsp3) is 0.917. The number of carbonyl (C=O) groups is 1. The first-order chi connectivity index (χ1) is 7.81. The van der Waals surface area contributed by atoms with Gasteiger partial charge in [-0.1, -0.05) is 0 Å². The average Bonchev–Trinajstić information content (AvgIpc) is 2.37. The molecule has 1 amide bonds. The number of carbonyl (C=O) groups excluding carboxylic acids is 1. The predicted octanol–water partition coefficient (Wildman–Crippen LogP) is 0.777. The summed E-state index contributed by atoms with van der Waals surface area (Å²) < 4.78 is 5.35. The van der Waals surface area contributed by atoms with Crippen LogP contribution < -0.4 is 0 Å². The number of aliphatic hydroxyl groups is 1. The van der Waals surface area contributed by atoms with Gasteiger partial charge in [0, 0.05) is 38.7 Å². The lowest BCUT2D eigenvalue weighted by atomic mass is 10.1. The first-order valence-corrected chi connectivity index (χ1v) is 6.09. The lowest BCUT2D eigenvalue weighted by molar-refractivity contribution is 0.0227. The minimum absolute atomic E-state index is 0.101. The molecule has 1 N–H and O–H groups in total. The third-order valence-corrected chi connectivity index (χ3v) is 2.71. The normalized spacial score (nSPS) is 23.4. The van der Waals surface area contributed by atoms with E-state index in [1.807, 2.05) is 27.8 Å². The zero-order chi connectivity index (χ0) is 13.1. The quantitative estimate of drug-likeness (QED) is 0.740. The Morgan fingerprint density at radius 2 is 2.00 bits per heavy atom. The molecular formula is C12H24N2O3. The molecule has 0 saturated carbocycles. The van der Waals surface area contributed by atoms with Crippen molar-refractivity contribution < 1.29 is 14.6 Å². The van der Waals surface area contributed by atoms with Gasteiger partial charge in [-0.15, -0.1) is 0 Å². The number of aliphatic hydroxyl groups excluding tert-OH is 1. The van der Waals surface area contributed by atoms with Crippen molar-refractivity contribution >= 4 is 6.09 Å². The van der Waals surface area contributed by atoms with E-state index in [0.29, 0.717) is 13.1 Å². The van der Waals surface area contributed by atoms with Crippen molar-refractivity contribution in [3.8, 4) is 0 Å². The van der Waals surface area contributed by atoms with Crippen molar-refractivity contribution in [1.82, 2.24) is 9.80 Å². The Labute approximate surface area is 103 Å². The largest absolute Gasteiger partial charge is 0.444 e. The molecule has 0 radical (unpaired) electrons. The van der Waals surface area contributed by atoms with Gasteiger partial charge in [-0.25, -0.2) is 4.79 Å². The van der Waals surface area contributed by atoms with Crippen LogP contribution in [0.2, 0.25) is 0 Å². The molecule has 0 aromatic heterocycles. The third kappa shape index (κ3) is 4.91. The highest BCUT2D eigenvalue weighted by molar-refractivity contribution is 5.68. The Balaban J connectivity index is 2.60. The molecule has 1 atom stereocenters. The van der Waals surface area contributed by atoms with E-state index in [2.05, 4.69) is 4.90 Å². The maximum absolute atomic E-state index is 11.9. The number of amides is 1. The van der Waals surface area contributed by atoms with Gasteiger partial charge in [0.15, 0.2) is 0 Å². The summed E-state index contributed by atoms with van der Waals surface area (Å²) in [5, 5.41) is 9.26. The zero-order valence-electron chi connectivity index (χ0n) is 11.3. The summed E-state index contributed by atoms with van der Waals surface area (Å²) in [6.07, 6.45) is -0.286. The predicted molar refractivity (Wildman–Crippen MR) is 65.9 cm³/mol. The summed E-state index contributed by atoms with van der Waals surface area (Å²) in [6.45, 7) is 8.53. The molecule has 0 aromatic carbocycles. The maximum atomic E-state index is 11.9. The van der Waals surface area contributed by atoms with Gasteiger partial charge < -0.3 is 19.6 Å². The van der Waals surface area contributed by atoms with Crippen LogP contribution in [0.5, 0.6) is 0 Å². The Bertz CT molecular complexity index is 263. The Kier molecular flexibility index (Phi) is 4.77. The number of hydrogen-bond donors (Lipinski definition) is 1. The van der Waals surface area contributed by atoms with E-state index in [4.69, 9.17) is 4.74 Å². The van der Waals surface area contributed by atoms with E-state index in [1.54, 1.807) is 4.90 Å². The fourth-order valence-corrected chi connectivity index (χ4v) is 1.89. The summed E-state index contributed by atoms with van der Waals surface area (Å²) in [6, 6.07) is 0. The summed E-state index contributed by atoms with van der Waals surface area (Å²) >= 11 is 0. The van der Waals surface area contributed by atoms with E-state index in [-0.39, 0.29) is 18.6 Å². The molecule has 17 heavy (non-hydrogen) atoms. The molecule has 1 aliphatic heterocycles. The SMILES string of the molecule is CN1CCN(C(=O)OC(C)(C)C)CC(CO)C1. The molecule has 0 aromatic rings. The molecule has 1 heterocycles. The van der Waals surface area contributed by atoms with Crippen LogP contribution in [0.4, 0.5) is 4.79 Å². The molecule has 1 fully saturated rings. The van der Waals surface area contributed by atoms with Crippen LogP contribution in [0, 0.1) is 5.92 Å². The van der Waals surface area contributed by atoms with Crippen LogP contribution >= 0.6 is 0 Å². The van der Waals surface area contributed by atoms with Gasteiger partial charge in [-0.05, 0) is 27.8 Å². The number of hydrogen-bond acceptors (Lipinski definition) is 4. The monoisotopic (exact) mass is 244 g/mol. The molecule has 0 bridgehead atoms. The second-order valence-corrected chi connectivity index (χ2v) is 5.74. The molecule has 0 aliphatic carbocycles. The van der Waals surface area contributed by atoms with Crippen molar-refractivity contribution in [3.05, 3.63) is 0 Å². The van der Waals surface area contributed by atoms with E-state index in [9.17, 15) is 9.90 Å². The first-order valence-electron chi connectivity index (χ1n) is 6.09. The van der Waals surface area contributed by atoms with Crippen molar-refractivity contribution in [1.29, 1.82) is 0 Å². The Hall–Kier alpha value is -0.810. The summed E-state index contributed by atoms with van der Waals surface area (Å²) in [7, 11) is 2.00. The number of likely N-dealkylation sites (N-methyl/N-ethyl adjacent to an activating group) is 1. The zero-order valence-corrected chi connectivity index (χ0v) is 11.3. The van der Waals surface area contributed by atoms with Crippen molar-refractivity contribution in [2.45, 2.75) is 26.4 Å². The molecule has 1 aliphatic rings. The molecule has 1 saturated heterocycles. The lowest BCUT2D eigenvalue weighted by Crippen LogP contribution is -2.40. The van der Waals surface area contributed by atoms with E-state index in [0.717, 1.165) is 13.1 Å².